The van der Waals surface area contributed by atoms with Crippen molar-refractivity contribution < 1.29 is 0 Å². The van der Waals surface area contributed by atoms with Crippen LogP contribution in [-0.4, -0.2) is 24.4 Å². The van der Waals surface area contributed by atoms with Crippen LogP contribution in [0.3, 0.4) is 0 Å². The summed E-state index contributed by atoms with van der Waals surface area (Å²) in [6, 6.07) is 7.53. The maximum Gasteiger partial charge on any atom is 0.332 e. The van der Waals surface area contributed by atoms with E-state index in [0.717, 1.165) is 27.5 Å². The van der Waals surface area contributed by atoms with Gasteiger partial charge in [-0.1, -0.05) is 48.5 Å². The van der Waals surface area contributed by atoms with Crippen molar-refractivity contribution in [3.8, 4) is 0 Å². The van der Waals surface area contributed by atoms with Gasteiger partial charge in [0.1, 0.15) is 0 Å². The fourth-order valence-electron chi connectivity index (χ4n) is 2.67. The van der Waals surface area contributed by atoms with Gasteiger partial charge >= 0.3 is 5.69 Å². The Hall–Kier alpha value is -1.99. The number of benzene rings is 1. The zero-order valence-corrected chi connectivity index (χ0v) is 15.9. The average molecular weight is 379 g/mol. The number of fused-ring (bicyclic) bond motifs is 1. The molecule has 0 N–H and O–H groups in total. The summed E-state index contributed by atoms with van der Waals surface area (Å²) < 4.78 is 4.38. The number of hydrogen-bond donors (Lipinski definition) is 0. The van der Waals surface area contributed by atoms with E-state index in [9.17, 15) is 9.59 Å². The van der Waals surface area contributed by atoms with Crippen molar-refractivity contribution in [1.29, 1.82) is 0 Å². The number of halogens is 1. The maximum atomic E-state index is 12.7. The number of hydrogen-bond acceptors (Lipinski definition) is 4. The van der Waals surface area contributed by atoms with Crippen LogP contribution in [0.25, 0.3) is 11.2 Å². The highest BCUT2D eigenvalue weighted by Gasteiger charge is 2.19. The molecule has 2 aromatic heterocycles. The van der Waals surface area contributed by atoms with Crippen LogP contribution in [0.15, 0.2) is 39.0 Å². The molecule has 0 spiro atoms. The number of imidazole rings is 1. The highest BCUT2D eigenvalue weighted by atomic mass is 35.5. The number of aromatic nitrogens is 4. The van der Waals surface area contributed by atoms with Gasteiger partial charge in [-0.2, -0.15) is 0 Å². The van der Waals surface area contributed by atoms with Gasteiger partial charge < -0.3 is 4.57 Å². The molecule has 0 aliphatic rings. The second-order valence-corrected chi connectivity index (χ2v) is 7.27. The quantitative estimate of drug-likeness (QED) is 0.640. The summed E-state index contributed by atoms with van der Waals surface area (Å²) in [4.78, 5) is 29.5. The molecule has 0 radical (unpaired) electrons. The van der Waals surface area contributed by atoms with E-state index in [1.807, 2.05) is 28.8 Å². The minimum absolute atomic E-state index is 0.346. The Morgan fingerprint density at radius 2 is 1.88 bits per heavy atom. The predicted octanol–water partition coefficient (Wildman–Crippen LogP) is 2.64. The summed E-state index contributed by atoms with van der Waals surface area (Å²) in [6.45, 7) is 2.51. The number of nitrogens with zero attached hydrogens (tertiary/aromatic N) is 4. The Morgan fingerprint density at radius 1 is 1.16 bits per heavy atom. The van der Waals surface area contributed by atoms with E-state index in [4.69, 9.17) is 11.6 Å². The molecule has 1 aromatic carbocycles. The summed E-state index contributed by atoms with van der Waals surface area (Å²) >= 11 is 7.87. The Labute approximate surface area is 154 Å². The molecule has 25 heavy (non-hydrogen) atoms. The second kappa shape index (κ2) is 7.09. The highest BCUT2D eigenvalue weighted by Crippen LogP contribution is 2.25. The summed E-state index contributed by atoms with van der Waals surface area (Å²) in [7, 11) is 3.11. The maximum absolute atomic E-state index is 12.7. The Bertz CT molecular complexity index is 1050. The first kappa shape index (κ1) is 17.8. The summed E-state index contributed by atoms with van der Waals surface area (Å²) in [5.74, 6) is 0.875. The standard InChI is InChI=1S/C17H19ClN4O2S/c1-4-9-25-16-19-14-13(15(23)21(3)17(24)20(14)2)22(16)10-11-7-5-6-8-12(11)18/h5-8H,4,9-10H2,1-3H3. The second-order valence-electron chi connectivity index (χ2n) is 5.80. The zero-order valence-electron chi connectivity index (χ0n) is 14.3. The molecule has 0 fully saturated rings. The van der Waals surface area contributed by atoms with E-state index >= 15 is 0 Å². The lowest BCUT2D eigenvalue weighted by Gasteiger charge is -2.10. The van der Waals surface area contributed by atoms with Crippen molar-refractivity contribution in [2.75, 3.05) is 5.75 Å². The Morgan fingerprint density at radius 3 is 2.56 bits per heavy atom. The van der Waals surface area contributed by atoms with Crippen molar-refractivity contribution in [1.82, 2.24) is 18.7 Å². The van der Waals surface area contributed by atoms with Gasteiger partial charge in [0.05, 0.1) is 6.54 Å². The van der Waals surface area contributed by atoms with E-state index in [-0.39, 0.29) is 11.2 Å². The Kier molecular flexibility index (Phi) is 5.06. The van der Waals surface area contributed by atoms with Gasteiger partial charge in [0.2, 0.25) is 0 Å². The predicted molar refractivity (Wildman–Crippen MR) is 102 cm³/mol. The van der Waals surface area contributed by atoms with Gasteiger partial charge in [0.25, 0.3) is 5.56 Å². The SMILES string of the molecule is CCCSc1nc2c(c(=O)n(C)c(=O)n2C)n1Cc1ccccc1Cl. The van der Waals surface area contributed by atoms with E-state index < -0.39 is 0 Å². The third kappa shape index (κ3) is 3.14. The van der Waals surface area contributed by atoms with Crippen LogP contribution in [0, 0.1) is 0 Å². The fraction of sp³-hybridized carbons (Fsp3) is 0.353. The normalized spacial score (nSPS) is 11.4. The number of aryl methyl sites for hydroxylation is 1. The van der Waals surface area contributed by atoms with E-state index in [1.54, 1.807) is 18.8 Å². The van der Waals surface area contributed by atoms with Crippen LogP contribution < -0.4 is 11.2 Å². The lowest BCUT2D eigenvalue weighted by Crippen LogP contribution is -2.37. The van der Waals surface area contributed by atoms with Crippen molar-refractivity contribution in [2.24, 2.45) is 14.1 Å². The first-order valence-corrected chi connectivity index (χ1v) is 9.34. The number of rotatable bonds is 5. The van der Waals surface area contributed by atoms with Crippen LogP contribution >= 0.6 is 23.4 Å². The van der Waals surface area contributed by atoms with E-state index in [2.05, 4.69) is 11.9 Å². The van der Waals surface area contributed by atoms with Gasteiger partial charge in [-0.05, 0) is 18.1 Å². The topological polar surface area (TPSA) is 61.8 Å². The van der Waals surface area contributed by atoms with Crippen LogP contribution in [0.5, 0.6) is 0 Å². The largest absolute Gasteiger partial charge is 0.332 e. The monoisotopic (exact) mass is 378 g/mol. The molecule has 0 atom stereocenters. The van der Waals surface area contributed by atoms with Gasteiger partial charge in [-0.15, -0.1) is 0 Å². The molecular weight excluding hydrogens is 360 g/mol. The van der Waals surface area contributed by atoms with Gasteiger partial charge in [0.15, 0.2) is 16.3 Å². The average Bonchev–Trinajstić information content (AvgIpc) is 2.96. The van der Waals surface area contributed by atoms with Gasteiger partial charge in [-0.25, -0.2) is 9.78 Å². The number of thioether (sulfide) groups is 1. The molecule has 6 nitrogen and oxygen atoms in total. The van der Waals surface area contributed by atoms with E-state index in [0.29, 0.717) is 22.7 Å². The van der Waals surface area contributed by atoms with Crippen molar-refractivity contribution in [3.63, 3.8) is 0 Å². The molecule has 0 bridgehead atoms. The molecule has 132 valence electrons. The highest BCUT2D eigenvalue weighted by molar-refractivity contribution is 7.99. The van der Waals surface area contributed by atoms with Crippen LogP contribution in [0.1, 0.15) is 18.9 Å². The van der Waals surface area contributed by atoms with Crippen LogP contribution in [-0.2, 0) is 20.6 Å². The van der Waals surface area contributed by atoms with Crippen molar-refractivity contribution in [2.45, 2.75) is 25.0 Å². The molecule has 0 saturated heterocycles. The third-order valence-corrected chi connectivity index (χ3v) is 5.59. The Balaban J connectivity index is 2.29. The van der Waals surface area contributed by atoms with Crippen molar-refractivity contribution >= 4 is 34.5 Å². The molecule has 0 aliphatic carbocycles. The molecule has 0 amide bonds. The zero-order chi connectivity index (χ0) is 18.1. The molecule has 3 aromatic rings. The fourth-order valence-corrected chi connectivity index (χ4v) is 3.72. The molecule has 2 heterocycles. The molecular formula is C17H19ClN4O2S. The van der Waals surface area contributed by atoms with Crippen molar-refractivity contribution in [3.05, 3.63) is 55.7 Å². The molecule has 0 unspecified atom stereocenters. The summed E-state index contributed by atoms with van der Waals surface area (Å²) in [5, 5.41) is 1.35. The van der Waals surface area contributed by atoms with Crippen LogP contribution in [0.4, 0.5) is 0 Å². The molecule has 8 heteroatoms. The lowest BCUT2D eigenvalue weighted by molar-refractivity contribution is 0.696. The minimum Gasteiger partial charge on any atom is -0.309 e. The van der Waals surface area contributed by atoms with Crippen LogP contribution in [0.2, 0.25) is 5.02 Å². The molecule has 0 saturated carbocycles. The molecule has 3 rings (SSSR count). The first-order chi connectivity index (χ1) is 12.0. The third-order valence-electron chi connectivity index (χ3n) is 4.03. The summed E-state index contributed by atoms with van der Waals surface area (Å²) in [5.41, 5.74) is 0.993. The molecule has 0 aliphatic heterocycles. The van der Waals surface area contributed by atoms with E-state index in [1.165, 1.54) is 11.6 Å². The first-order valence-electron chi connectivity index (χ1n) is 7.98. The van der Waals surface area contributed by atoms with Gasteiger partial charge in [-0.3, -0.25) is 13.9 Å². The lowest BCUT2D eigenvalue weighted by atomic mass is 10.2. The smallest absolute Gasteiger partial charge is 0.309 e. The van der Waals surface area contributed by atoms with Gasteiger partial charge in [0, 0.05) is 24.9 Å². The summed E-state index contributed by atoms with van der Waals surface area (Å²) in [6.07, 6.45) is 0.983. The minimum atomic E-state index is -0.382.